The van der Waals surface area contributed by atoms with Gasteiger partial charge in [0.25, 0.3) is 0 Å². The lowest BCUT2D eigenvalue weighted by Gasteiger charge is -2.21. The van der Waals surface area contributed by atoms with Crippen LogP contribution in [0.3, 0.4) is 0 Å². The maximum Gasteiger partial charge on any atom is 0.189 e. The zero-order chi connectivity index (χ0) is 18.4. The van der Waals surface area contributed by atoms with Crippen molar-refractivity contribution in [3.63, 3.8) is 0 Å². The lowest BCUT2D eigenvalue weighted by atomic mass is 10.0. The largest absolute Gasteiger partial charge is 0.189 e. The van der Waals surface area contributed by atoms with Gasteiger partial charge in [0, 0.05) is 5.57 Å². The van der Waals surface area contributed by atoms with Crippen molar-refractivity contribution in [2.45, 2.75) is 25.7 Å². The molecule has 0 amide bonds. The molecule has 4 rings (SSSR count). The van der Waals surface area contributed by atoms with Crippen LogP contribution in [0, 0.1) is 11.6 Å². The lowest BCUT2D eigenvalue weighted by Crippen LogP contribution is -2.29. The molecule has 27 heavy (non-hydrogen) atoms. The predicted octanol–water partition coefficient (Wildman–Crippen LogP) is 5.44. The molecule has 1 aliphatic rings. The molecule has 0 atom stereocenters. The van der Waals surface area contributed by atoms with Crippen molar-refractivity contribution in [1.82, 2.24) is 0 Å². The standard InChI is InChI=1S/C26H24P/c1-5-13-23(14-6-1)21-22-27(24-15-7-2-8-16-24,25-17-9-3-10-18-25)26-19-11-4-12-20-26/h2-4,7-13,15-20H,1,5-6,14H2/q+1. The molecule has 3 aromatic rings. The third-order valence-electron chi connectivity index (χ3n) is 5.11. The van der Waals surface area contributed by atoms with Crippen molar-refractivity contribution in [3.8, 4) is 11.6 Å². The Morgan fingerprint density at radius 1 is 0.593 bits per heavy atom. The van der Waals surface area contributed by atoms with Crippen molar-refractivity contribution < 1.29 is 0 Å². The Bertz CT molecular complexity index is 864. The normalized spacial score (nSPS) is 14.0. The van der Waals surface area contributed by atoms with Crippen LogP contribution in [0.25, 0.3) is 0 Å². The summed E-state index contributed by atoms with van der Waals surface area (Å²) >= 11 is 0. The van der Waals surface area contributed by atoms with Crippen LogP contribution in [-0.4, -0.2) is 0 Å². The fourth-order valence-electron chi connectivity index (χ4n) is 3.70. The first-order valence-corrected chi connectivity index (χ1v) is 11.5. The number of allylic oxidation sites excluding steroid dienone is 2. The fourth-order valence-corrected chi connectivity index (χ4v) is 7.15. The van der Waals surface area contributed by atoms with Gasteiger partial charge in [-0.3, -0.25) is 0 Å². The zero-order valence-electron chi connectivity index (χ0n) is 15.5. The first-order valence-electron chi connectivity index (χ1n) is 9.68. The lowest BCUT2D eigenvalue weighted by molar-refractivity contribution is 0.715. The summed E-state index contributed by atoms with van der Waals surface area (Å²) in [5.74, 6) is 3.62. The van der Waals surface area contributed by atoms with Crippen molar-refractivity contribution in [1.29, 1.82) is 0 Å². The molecule has 0 saturated heterocycles. The molecule has 0 aromatic heterocycles. The molecule has 0 fully saturated rings. The van der Waals surface area contributed by atoms with E-state index in [2.05, 4.69) is 109 Å². The first kappa shape index (κ1) is 17.8. The number of hydrogen-bond acceptors (Lipinski definition) is 0. The summed E-state index contributed by atoms with van der Waals surface area (Å²) in [6.45, 7) is 0. The van der Waals surface area contributed by atoms with Gasteiger partial charge >= 0.3 is 0 Å². The molecule has 0 saturated carbocycles. The van der Waals surface area contributed by atoms with E-state index >= 15 is 0 Å². The van der Waals surface area contributed by atoms with Crippen molar-refractivity contribution in [3.05, 3.63) is 103 Å². The fraction of sp³-hybridized carbons (Fsp3) is 0.154. The summed E-state index contributed by atoms with van der Waals surface area (Å²) < 4.78 is 0. The van der Waals surface area contributed by atoms with Gasteiger partial charge in [-0.05, 0) is 68.0 Å². The van der Waals surface area contributed by atoms with Gasteiger partial charge in [0.05, 0.1) is 5.66 Å². The van der Waals surface area contributed by atoms with Crippen LogP contribution in [-0.2, 0) is 0 Å². The zero-order valence-corrected chi connectivity index (χ0v) is 16.4. The van der Waals surface area contributed by atoms with Crippen LogP contribution >= 0.6 is 7.26 Å². The van der Waals surface area contributed by atoms with Gasteiger partial charge in [-0.2, -0.15) is 0 Å². The second-order valence-corrected chi connectivity index (χ2v) is 10.0. The van der Waals surface area contributed by atoms with Crippen LogP contribution in [0.15, 0.2) is 103 Å². The minimum atomic E-state index is -2.02. The summed E-state index contributed by atoms with van der Waals surface area (Å²) in [7, 11) is -2.02. The maximum atomic E-state index is 3.84. The Hall–Kier alpha value is -2.61. The molecule has 0 N–H and O–H groups in total. The molecule has 0 unspecified atom stereocenters. The molecule has 0 aliphatic heterocycles. The highest BCUT2D eigenvalue weighted by Gasteiger charge is 2.44. The number of benzene rings is 3. The van der Waals surface area contributed by atoms with Gasteiger partial charge in [0.2, 0.25) is 0 Å². The van der Waals surface area contributed by atoms with E-state index in [1.807, 2.05) is 0 Å². The molecule has 0 heterocycles. The average molecular weight is 367 g/mol. The van der Waals surface area contributed by atoms with Gasteiger partial charge in [0.15, 0.2) is 7.26 Å². The Morgan fingerprint density at radius 3 is 1.48 bits per heavy atom. The van der Waals surface area contributed by atoms with E-state index in [4.69, 9.17) is 0 Å². The van der Waals surface area contributed by atoms with E-state index in [1.165, 1.54) is 34.3 Å². The average Bonchev–Trinajstić information content (AvgIpc) is 2.77. The van der Waals surface area contributed by atoms with Crippen molar-refractivity contribution in [2.24, 2.45) is 0 Å². The Morgan fingerprint density at radius 2 is 1.07 bits per heavy atom. The molecule has 0 radical (unpaired) electrons. The highest BCUT2D eigenvalue weighted by atomic mass is 31.2. The summed E-state index contributed by atoms with van der Waals surface area (Å²) in [4.78, 5) is 0. The van der Waals surface area contributed by atoms with Gasteiger partial charge in [-0.15, -0.1) is 0 Å². The highest BCUT2D eigenvalue weighted by molar-refractivity contribution is 7.99. The van der Waals surface area contributed by atoms with Gasteiger partial charge in [-0.25, -0.2) is 0 Å². The number of hydrogen-bond donors (Lipinski definition) is 0. The van der Waals surface area contributed by atoms with E-state index < -0.39 is 7.26 Å². The SMILES string of the molecule is C(#C[P+](c1ccccc1)(c1ccccc1)c1ccccc1)C1=CCCCC1. The molecule has 0 bridgehead atoms. The van der Waals surface area contributed by atoms with E-state index in [0.29, 0.717) is 0 Å². The Kier molecular flexibility index (Phi) is 5.53. The molecule has 0 spiro atoms. The maximum absolute atomic E-state index is 3.84. The van der Waals surface area contributed by atoms with E-state index in [-0.39, 0.29) is 0 Å². The van der Waals surface area contributed by atoms with Crippen LogP contribution < -0.4 is 15.9 Å². The van der Waals surface area contributed by atoms with Crippen molar-refractivity contribution >= 4 is 23.2 Å². The molecular weight excluding hydrogens is 343 g/mol. The topological polar surface area (TPSA) is 0 Å². The molecule has 1 aliphatic carbocycles. The molecule has 132 valence electrons. The highest BCUT2D eigenvalue weighted by Crippen LogP contribution is 2.54. The van der Waals surface area contributed by atoms with Crippen LogP contribution in [0.1, 0.15) is 25.7 Å². The second kappa shape index (κ2) is 8.39. The van der Waals surface area contributed by atoms with Crippen LogP contribution in [0.2, 0.25) is 0 Å². The summed E-state index contributed by atoms with van der Waals surface area (Å²) in [5, 5.41) is 3.98. The monoisotopic (exact) mass is 367 g/mol. The molecule has 1 heteroatoms. The molecular formula is C26H24P+. The third-order valence-corrected chi connectivity index (χ3v) is 8.77. The van der Waals surface area contributed by atoms with Gasteiger partial charge < -0.3 is 0 Å². The van der Waals surface area contributed by atoms with Gasteiger partial charge in [-0.1, -0.05) is 60.7 Å². The number of rotatable bonds is 3. The summed E-state index contributed by atoms with van der Waals surface area (Å²) in [6.07, 6.45) is 7.17. The Labute approximate surface area is 163 Å². The van der Waals surface area contributed by atoms with Gasteiger partial charge in [0.1, 0.15) is 15.9 Å². The van der Waals surface area contributed by atoms with E-state index in [9.17, 15) is 0 Å². The smallest absolute Gasteiger partial charge is 0.0728 e. The molecule has 0 nitrogen and oxygen atoms in total. The van der Waals surface area contributed by atoms with Crippen molar-refractivity contribution in [2.75, 3.05) is 0 Å². The van der Waals surface area contributed by atoms with Crippen LogP contribution in [0.5, 0.6) is 0 Å². The summed E-state index contributed by atoms with van der Waals surface area (Å²) in [6, 6.07) is 32.6. The first-order chi connectivity index (χ1) is 13.4. The van der Waals surface area contributed by atoms with E-state index in [0.717, 1.165) is 12.8 Å². The van der Waals surface area contributed by atoms with E-state index in [1.54, 1.807) is 0 Å². The third kappa shape index (κ3) is 3.75. The second-order valence-electron chi connectivity index (χ2n) is 6.89. The van der Waals surface area contributed by atoms with Crippen LogP contribution in [0.4, 0.5) is 0 Å². The predicted molar refractivity (Wildman–Crippen MR) is 119 cm³/mol. The minimum Gasteiger partial charge on any atom is -0.0728 e. The minimum absolute atomic E-state index is 1.12. The quantitative estimate of drug-likeness (QED) is 0.427. The molecule has 3 aromatic carbocycles. The Balaban J connectivity index is 1.98. The summed E-state index contributed by atoms with van der Waals surface area (Å²) in [5.41, 5.74) is 5.16.